The maximum absolute atomic E-state index is 12.6. The molecule has 0 aliphatic carbocycles. The van der Waals surface area contributed by atoms with E-state index in [2.05, 4.69) is 11.3 Å². The van der Waals surface area contributed by atoms with E-state index in [1.165, 1.54) is 0 Å². The van der Waals surface area contributed by atoms with Gasteiger partial charge < -0.3 is 33.2 Å². The van der Waals surface area contributed by atoms with Gasteiger partial charge in [0.15, 0.2) is 30.1 Å². The highest BCUT2D eigenvalue weighted by Crippen LogP contribution is 2.42. The number of hydrogen-bond donors (Lipinski definition) is 0. The Hall–Kier alpha value is -1.52. The summed E-state index contributed by atoms with van der Waals surface area (Å²) in [4.78, 5) is 23.8. The largest absolute Gasteiger partial charge is 0.456 e. The van der Waals surface area contributed by atoms with Gasteiger partial charge in [0.25, 0.3) is 0 Å². The van der Waals surface area contributed by atoms with Gasteiger partial charge in [0, 0.05) is 12.8 Å². The van der Waals surface area contributed by atoms with E-state index >= 15 is 0 Å². The summed E-state index contributed by atoms with van der Waals surface area (Å²) < 4.78 is 39.9. The Balaban J connectivity index is 1.43. The number of carbonyl (C=O) groups excluding carboxylic acids is 2. The van der Waals surface area contributed by atoms with Crippen LogP contribution in [0.1, 0.15) is 72.6 Å². The normalized spacial score (nSPS) is 32.4. The van der Waals surface area contributed by atoms with Crippen LogP contribution in [-0.2, 0) is 42.7 Å². The monoisotopic (exact) mass is 456 g/mol. The molecule has 3 aliphatic rings. The third-order valence-corrected chi connectivity index (χ3v) is 5.67. The van der Waals surface area contributed by atoms with Crippen LogP contribution in [0.5, 0.6) is 0 Å². The minimum absolute atomic E-state index is 0.267. The van der Waals surface area contributed by atoms with Crippen LogP contribution < -0.4 is 0 Å². The van der Waals surface area contributed by atoms with Crippen LogP contribution in [0.2, 0.25) is 0 Å². The molecule has 3 rings (SSSR count). The summed E-state index contributed by atoms with van der Waals surface area (Å²) in [5.74, 6) is -2.10. The van der Waals surface area contributed by atoms with Gasteiger partial charge in [-0.1, -0.05) is 25.8 Å². The molecule has 182 valence electrons. The first-order valence-electron chi connectivity index (χ1n) is 11.4. The molecule has 0 bridgehead atoms. The van der Waals surface area contributed by atoms with Gasteiger partial charge >= 0.3 is 11.9 Å². The zero-order chi connectivity index (χ0) is 23.4. The molecule has 0 aromatic carbocycles. The van der Waals surface area contributed by atoms with E-state index in [9.17, 15) is 9.59 Å². The predicted octanol–water partition coefficient (Wildman–Crippen LogP) is 3.34. The maximum atomic E-state index is 12.6. The van der Waals surface area contributed by atoms with Crippen molar-refractivity contribution in [3.05, 3.63) is 12.8 Å². The van der Waals surface area contributed by atoms with Gasteiger partial charge in [0.05, 0.1) is 12.9 Å². The Bertz CT molecular complexity index is 674. The van der Waals surface area contributed by atoms with Crippen LogP contribution in [0.25, 0.3) is 0 Å². The molecule has 9 heteroatoms. The third kappa shape index (κ3) is 6.74. The number of hydrogen-bond acceptors (Lipinski definition) is 9. The molecule has 32 heavy (non-hydrogen) atoms. The summed E-state index contributed by atoms with van der Waals surface area (Å²) >= 11 is 0. The average molecular weight is 457 g/mol. The van der Waals surface area contributed by atoms with Gasteiger partial charge in [-0.2, -0.15) is 0 Å². The van der Waals surface area contributed by atoms with Crippen molar-refractivity contribution in [2.24, 2.45) is 0 Å². The summed E-state index contributed by atoms with van der Waals surface area (Å²) in [5, 5.41) is 0. The summed E-state index contributed by atoms with van der Waals surface area (Å²) in [5.41, 5.74) is 0. The van der Waals surface area contributed by atoms with Crippen LogP contribution in [0, 0.1) is 0 Å². The molecule has 0 amide bonds. The highest BCUT2D eigenvalue weighted by Gasteiger charge is 2.59. The SMILES string of the molecule is C=COC(=O)CCCCCCCC(=O)O[C@@H]1[C@H]2OC(C)(C)O[C@H]2O[C@@H]1C1COC(C)(C)O1. The second-order valence-electron chi connectivity index (χ2n) is 9.32. The van der Waals surface area contributed by atoms with Gasteiger partial charge in [-0.25, -0.2) is 0 Å². The second kappa shape index (κ2) is 10.6. The molecular formula is C23H36O9. The van der Waals surface area contributed by atoms with Gasteiger partial charge in [-0.3, -0.25) is 9.59 Å². The highest BCUT2D eigenvalue weighted by molar-refractivity contribution is 5.70. The zero-order valence-electron chi connectivity index (χ0n) is 19.5. The third-order valence-electron chi connectivity index (χ3n) is 5.67. The molecule has 3 aliphatic heterocycles. The lowest BCUT2D eigenvalue weighted by atomic mass is 10.1. The van der Waals surface area contributed by atoms with Gasteiger partial charge in [0.1, 0.15) is 12.2 Å². The molecule has 3 fully saturated rings. The second-order valence-corrected chi connectivity index (χ2v) is 9.32. The molecule has 0 radical (unpaired) electrons. The fraction of sp³-hybridized carbons (Fsp3) is 0.826. The first kappa shape index (κ1) is 25.1. The van der Waals surface area contributed by atoms with Gasteiger partial charge in [-0.05, 0) is 40.5 Å². The number of fused-ring (bicyclic) bond motifs is 1. The summed E-state index contributed by atoms with van der Waals surface area (Å²) in [7, 11) is 0. The summed E-state index contributed by atoms with van der Waals surface area (Å²) in [6.45, 7) is 11.0. The lowest BCUT2D eigenvalue weighted by Crippen LogP contribution is -2.45. The van der Waals surface area contributed by atoms with Crippen molar-refractivity contribution in [1.29, 1.82) is 0 Å². The molecule has 1 unspecified atom stereocenters. The minimum atomic E-state index is -0.810. The van der Waals surface area contributed by atoms with Crippen LogP contribution >= 0.6 is 0 Å². The van der Waals surface area contributed by atoms with Crippen LogP contribution in [-0.4, -0.2) is 60.8 Å². The molecule has 0 spiro atoms. The maximum Gasteiger partial charge on any atom is 0.310 e. The van der Waals surface area contributed by atoms with Crippen molar-refractivity contribution >= 4 is 11.9 Å². The fourth-order valence-electron chi connectivity index (χ4n) is 4.25. The lowest BCUT2D eigenvalue weighted by molar-refractivity contribution is -0.235. The van der Waals surface area contributed by atoms with E-state index in [1.807, 2.05) is 13.8 Å². The molecule has 0 aromatic heterocycles. The molecule has 0 aromatic rings. The summed E-state index contributed by atoms with van der Waals surface area (Å²) in [6.07, 6.45) is 3.34. The van der Waals surface area contributed by atoms with E-state index in [0.717, 1.165) is 31.9 Å². The smallest absolute Gasteiger partial charge is 0.310 e. The highest BCUT2D eigenvalue weighted by atomic mass is 16.8. The van der Waals surface area contributed by atoms with E-state index in [-0.39, 0.29) is 18.0 Å². The Labute approximate surface area is 189 Å². The van der Waals surface area contributed by atoms with Crippen LogP contribution in [0.15, 0.2) is 12.8 Å². The zero-order valence-corrected chi connectivity index (χ0v) is 19.5. The van der Waals surface area contributed by atoms with Crippen LogP contribution in [0.3, 0.4) is 0 Å². The number of unbranched alkanes of at least 4 members (excludes halogenated alkanes) is 4. The molecule has 0 N–H and O–H groups in total. The Morgan fingerprint density at radius 1 is 0.906 bits per heavy atom. The molecule has 0 saturated carbocycles. The number of ether oxygens (including phenoxy) is 7. The van der Waals surface area contributed by atoms with Crippen molar-refractivity contribution in [2.75, 3.05) is 6.61 Å². The first-order chi connectivity index (χ1) is 15.1. The molecular weight excluding hydrogens is 420 g/mol. The van der Waals surface area contributed by atoms with Crippen LogP contribution in [0.4, 0.5) is 0 Å². The standard InChI is InChI=1S/C23H36O9/c1-6-26-16(24)12-10-8-7-9-11-13-17(25)28-19-18(15-14-27-22(2,3)30-15)29-21-20(19)31-23(4,5)32-21/h6,15,18-21H,1,7-14H2,2-5H3/t15?,18-,19+,20-,21-/m1/s1. The van der Waals surface area contributed by atoms with E-state index < -0.39 is 36.2 Å². The minimum Gasteiger partial charge on any atom is -0.456 e. The lowest BCUT2D eigenvalue weighted by Gasteiger charge is -2.28. The van der Waals surface area contributed by atoms with Crippen molar-refractivity contribution in [2.45, 2.75) is 115 Å². The molecule has 3 saturated heterocycles. The topological polar surface area (TPSA) is 98.8 Å². The first-order valence-corrected chi connectivity index (χ1v) is 11.4. The van der Waals surface area contributed by atoms with Gasteiger partial charge in [0.2, 0.25) is 0 Å². The number of rotatable bonds is 11. The van der Waals surface area contributed by atoms with Crippen molar-refractivity contribution in [3.8, 4) is 0 Å². The van der Waals surface area contributed by atoms with Gasteiger partial charge in [-0.15, -0.1) is 0 Å². The average Bonchev–Trinajstić information content (AvgIpc) is 3.31. The summed E-state index contributed by atoms with van der Waals surface area (Å²) in [6, 6.07) is 0. The molecule has 3 heterocycles. The Morgan fingerprint density at radius 3 is 2.19 bits per heavy atom. The van der Waals surface area contributed by atoms with Crippen molar-refractivity contribution < 1.29 is 42.7 Å². The number of esters is 2. The molecule has 5 atom stereocenters. The van der Waals surface area contributed by atoms with E-state index in [1.54, 1.807) is 13.8 Å². The Morgan fingerprint density at radius 2 is 1.56 bits per heavy atom. The fourth-order valence-corrected chi connectivity index (χ4v) is 4.25. The Kier molecular flexibility index (Phi) is 8.32. The molecule has 9 nitrogen and oxygen atoms in total. The van der Waals surface area contributed by atoms with Crippen molar-refractivity contribution in [3.63, 3.8) is 0 Å². The van der Waals surface area contributed by atoms with E-state index in [4.69, 9.17) is 28.4 Å². The van der Waals surface area contributed by atoms with Crippen molar-refractivity contribution in [1.82, 2.24) is 0 Å². The quantitative estimate of drug-likeness (QED) is 0.263. The number of carbonyl (C=O) groups is 2. The van der Waals surface area contributed by atoms with E-state index in [0.29, 0.717) is 25.9 Å². The predicted molar refractivity (Wildman–Crippen MR) is 112 cm³/mol.